The third-order valence-electron chi connectivity index (χ3n) is 3.95. The van der Waals surface area contributed by atoms with Gasteiger partial charge in [-0.15, -0.1) is 0 Å². The molecule has 0 heterocycles. The fraction of sp³-hybridized carbons (Fsp3) is 0.136. The summed E-state index contributed by atoms with van der Waals surface area (Å²) in [7, 11) is 0. The van der Waals surface area contributed by atoms with E-state index < -0.39 is 0 Å². The molecule has 1 N–H and O–H groups in total. The van der Waals surface area contributed by atoms with E-state index in [-0.39, 0.29) is 11.8 Å². The van der Waals surface area contributed by atoms with Crippen molar-refractivity contribution in [3.05, 3.63) is 84.9 Å². The van der Waals surface area contributed by atoms with Gasteiger partial charge in [0.1, 0.15) is 0 Å². The second kappa shape index (κ2) is 7.67. The van der Waals surface area contributed by atoms with E-state index in [0.717, 1.165) is 22.7 Å². The molecule has 3 heteroatoms. The number of rotatable bonds is 5. The maximum absolute atomic E-state index is 11.9. The molecule has 126 valence electrons. The molecule has 3 rings (SSSR count). The van der Waals surface area contributed by atoms with Crippen molar-refractivity contribution in [2.24, 2.45) is 5.92 Å². The molecular weight excluding hydrogens is 308 g/mol. The predicted molar refractivity (Wildman–Crippen MR) is 105 cm³/mol. The molecule has 3 nitrogen and oxygen atoms in total. The van der Waals surface area contributed by atoms with Crippen molar-refractivity contribution < 1.29 is 4.79 Å². The number of carbonyl (C=O) groups is 1. The van der Waals surface area contributed by atoms with Gasteiger partial charge in [0.2, 0.25) is 5.91 Å². The topological polar surface area (TPSA) is 32.3 Å². The summed E-state index contributed by atoms with van der Waals surface area (Å²) in [5.41, 5.74) is 4.03. The number of nitrogens with one attached hydrogen (secondary N) is 1. The van der Waals surface area contributed by atoms with Crippen molar-refractivity contribution in [1.82, 2.24) is 0 Å². The lowest BCUT2D eigenvalue weighted by Crippen LogP contribution is -2.17. The fourth-order valence-corrected chi connectivity index (χ4v) is 2.58. The number of hydrogen-bond acceptors (Lipinski definition) is 2. The summed E-state index contributed by atoms with van der Waals surface area (Å²) in [4.78, 5) is 14.0. The monoisotopic (exact) mass is 330 g/mol. The highest BCUT2D eigenvalue weighted by Gasteiger charge is 2.12. The molecule has 0 spiro atoms. The zero-order valence-electron chi connectivity index (χ0n) is 14.5. The second-order valence-corrected chi connectivity index (χ2v) is 6.20. The van der Waals surface area contributed by atoms with E-state index in [1.165, 1.54) is 0 Å². The lowest BCUT2D eigenvalue weighted by Gasteiger charge is -2.25. The van der Waals surface area contributed by atoms with Crippen molar-refractivity contribution in [2.75, 3.05) is 10.2 Å². The van der Waals surface area contributed by atoms with E-state index in [4.69, 9.17) is 0 Å². The summed E-state index contributed by atoms with van der Waals surface area (Å²) in [5.74, 6) is -0.0134. The molecule has 0 atom stereocenters. The first-order valence-electron chi connectivity index (χ1n) is 8.46. The third kappa shape index (κ3) is 4.07. The summed E-state index contributed by atoms with van der Waals surface area (Å²) in [6, 6.07) is 28.4. The van der Waals surface area contributed by atoms with Crippen LogP contribution in [0.3, 0.4) is 0 Å². The maximum Gasteiger partial charge on any atom is 0.226 e. The Morgan fingerprint density at radius 1 is 0.720 bits per heavy atom. The Balaban J connectivity index is 1.93. The van der Waals surface area contributed by atoms with Gasteiger partial charge < -0.3 is 10.2 Å². The Morgan fingerprint density at radius 2 is 1.16 bits per heavy atom. The van der Waals surface area contributed by atoms with Gasteiger partial charge in [-0.05, 0) is 48.5 Å². The van der Waals surface area contributed by atoms with E-state index >= 15 is 0 Å². The highest BCUT2D eigenvalue weighted by atomic mass is 16.1. The Bertz CT molecular complexity index is 772. The lowest BCUT2D eigenvalue weighted by molar-refractivity contribution is -0.118. The van der Waals surface area contributed by atoms with Gasteiger partial charge in [-0.2, -0.15) is 0 Å². The number of amides is 1. The fourth-order valence-electron chi connectivity index (χ4n) is 2.58. The molecule has 3 aromatic rings. The molecule has 0 aliphatic rings. The van der Waals surface area contributed by atoms with E-state index in [0.29, 0.717) is 0 Å². The van der Waals surface area contributed by atoms with Gasteiger partial charge >= 0.3 is 0 Å². The molecule has 0 bridgehead atoms. The first-order chi connectivity index (χ1) is 12.1. The van der Waals surface area contributed by atoms with Crippen LogP contribution in [0.5, 0.6) is 0 Å². The number of carbonyl (C=O) groups excluding carboxylic acids is 1. The Hall–Kier alpha value is -3.07. The molecule has 0 unspecified atom stereocenters. The molecular formula is C22H22N2O. The quantitative estimate of drug-likeness (QED) is 0.646. The van der Waals surface area contributed by atoms with Gasteiger partial charge in [-0.1, -0.05) is 50.2 Å². The summed E-state index contributed by atoms with van der Waals surface area (Å²) in [6.45, 7) is 3.77. The highest BCUT2D eigenvalue weighted by Crippen LogP contribution is 2.34. The molecule has 0 aliphatic carbocycles. The Kier molecular flexibility index (Phi) is 5.14. The third-order valence-corrected chi connectivity index (χ3v) is 3.95. The predicted octanol–water partition coefficient (Wildman–Crippen LogP) is 5.75. The van der Waals surface area contributed by atoms with Gasteiger partial charge in [0, 0.05) is 28.7 Å². The van der Waals surface area contributed by atoms with Gasteiger partial charge in [0.05, 0.1) is 0 Å². The molecule has 3 aromatic carbocycles. The summed E-state index contributed by atoms with van der Waals surface area (Å²) < 4.78 is 0. The number of para-hydroxylation sites is 2. The normalized spacial score (nSPS) is 10.5. The van der Waals surface area contributed by atoms with E-state index in [1.54, 1.807) is 0 Å². The van der Waals surface area contributed by atoms with E-state index in [9.17, 15) is 4.79 Å². The van der Waals surface area contributed by atoms with Crippen molar-refractivity contribution in [3.8, 4) is 0 Å². The van der Waals surface area contributed by atoms with E-state index in [2.05, 4.69) is 34.5 Å². The first-order valence-corrected chi connectivity index (χ1v) is 8.46. The van der Waals surface area contributed by atoms with Gasteiger partial charge in [0.15, 0.2) is 0 Å². The van der Waals surface area contributed by atoms with Crippen molar-refractivity contribution >= 4 is 28.7 Å². The second-order valence-electron chi connectivity index (χ2n) is 6.20. The molecule has 0 aliphatic heterocycles. The van der Waals surface area contributed by atoms with Crippen LogP contribution in [0.15, 0.2) is 84.9 Å². The van der Waals surface area contributed by atoms with Crippen LogP contribution in [0.2, 0.25) is 0 Å². The van der Waals surface area contributed by atoms with Gasteiger partial charge in [0.25, 0.3) is 0 Å². The Morgan fingerprint density at radius 3 is 1.60 bits per heavy atom. The SMILES string of the molecule is CC(C)C(=O)Nc1ccc(N(c2ccccc2)c2ccccc2)cc1. The van der Waals surface area contributed by atoms with Crippen molar-refractivity contribution in [3.63, 3.8) is 0 Å². The number of anilines is 4. The van der Waals surface area contributed by atoms with Crippen LogP contribution in [-0.2, 0) is 4.79 Å². The highest BCUT2D eigenvalue weighted by molar-refractivity contribution is 5.92. The van der Waals surface area contributed by atoms with Gasteiger partial charge in [-0.3, -0.25) is 4.79 Å². The lowest BCUT2D eigenvalue weighted by atomic mass is 10.1. The Labute approximate surface area is 148 Å². The molecule has 0 radical (unpaired) electrons. The minimum absolute atomic E-state index is 0.0238. The summed E-state index contributed by atoms with van der Waals surface area (Å²) in [5, 5.41) is 2.93. The molecule has 1 amide bonds. The average Bonchev–Trinajstić information content (AvgIpc) is 2.65. The molecule has 0 aromatic heterocycles. The molecule has 0 saturated carbocycles. The number of hydrogen-bond donors (Lipinski definition) is 1. The molecule has 0 fully saturated rings. The van der Waals surface area contributed by atoms with Crippen LogP contribution in [0, 0.1) is 5.92 Å². The van der Waals surface area contributed by atoms with Crippen LogP contribution in [0.4, 0.5) is 22.7 Å². The van der Waals surface area contributed by atoms with Crippen LogP contribution in [0.1, 0.15) is 13.8 Å². The number of benzene rings is 3. The maximum atomic E-state index is 11.9. The standard InChI is InChI=1S/C22H22N2O/c1-17(2)22(25)23-18-13-15-21(16-14-18)24(19-9-5-3-6-10-19)20-11-7-4-8-12-20/h3-17H,1-2H3,(H,23,25). The molecule has 25 heavy (non-hydrogen) atoms. The zero-order chi connectivity index (χ0) is 17.6. The van der Waals surface area contributed by atoms with Crippen molar-refractivity contribution in [2.45, 2.75) is 13.8 Å². The van der Waals surface area contributed by atoms with Crippen LogP contribution >= 0.6 is 0 Å². The smallest absolute Gasteiger partial charge is 0.226 e. The van der Waals surface area contributed by atoms with Crippen molar-refractivity contribution in [1.29, 1.82) is 0 Å². The summed E-state index contributed by atoms with van der Waals surface area (Å²) in [6.07, 6.45) is 0. The summed E-state index contributed by atoms with van der Waals surface area (Å²) >= 11 is 0. The van der Waals surface area contributed by atoms with Crippen LogP contribution in [0.25, 0.3) is 0 Å². The van der Waals surface area contributed by atoms with Crippen LogP contribution in [-0.4, -0.2) is 5.91 Å². The van der Waals surface area contributed by atoms with Gasteiger partial charge in [-0.25, -0.2) is 0 Å². The largest absolute Gasteiger partial charge is 0.326 e. The minimum Gasteiger partial charge on any atom is -0.326 e. The van der Waals surface area contributed by atoms with E-state index in [1.807, 2.05) is 74.5 Å². The minimum atomic E-state index is -0.0372. The average molecular weight is 330 g/mol. The first kappa shape index (κ1) is 16.8. The zero-order valence-corrected chi connectivity index (χ0v) is 14.5. The molecule has 0 saturated heterocycles. The number of nitrogens with zero attached hydrogens (tertiary/aromatic N) is 1. The van der Waals surface area contributed by atoms with Crippen LogP contribution < -0.4 is 10.2 Å².